The highest BCUT2D eigenvalue weighted by atomic mass is 16.5. The summed E-state index contributed by atoms with van der Waals surface area (Å²) in [5.41, 5.74) is 1.33. The van der Waals surface area contributed by atoms with Crippen molar-refractivity contribution in [1.29, 1.82) is 0 Å². The first-order chi connectivity index (χ1) is 13.7. The molecule has 1 aromatic carbocycles. The predicted octanol–water partition coefficient (Wildman–Crippen LogP) is 1.17. The van der Waals surface area contributed by atoms with Gasteiger partial charge in [0.25, 0.3) is 5.56 Å². The Hall–Kier alpha value is -2.45. The van der Waals surface area contributed by atoms with Crippen molar-refractivity contribution in [3.8, 4) is 0 Å². The molecular formula is C20H28N4O4. The first-order valence-corrected chi connectivity index (χ1v) is 9.87. The van der Waals surface area contributed by atoms with Crippen LogP contribution in [0.2, 0.25) is 0 Å². The Morgan fingerprint density at radius 1 is 1.29 bits per heavy atom. The van der Waals surface area contributed by atoms with Crippen molar-refractivity contribution in [2.45, 2.75) is 26.3 Å². The van der Waals surface area contributed by atoms with Gasteiger partial charge in [-0.25, -0.2) is 4.98 Å². The van der Waals surface area contributed by atoms with Gasteiger partial charge in [-0.15, -0.1) is 0 Å². The second kappa shape index (κ2) is 10.2. The molecule has 1 N–H and O–H groups in total. The average Bonchev–Trinajstić information content (AvgIpc) is 2.73. The number of fused-ring (bicyclic) bond motifs is 1. The smallest absolute Gasteiger partial charge is 0.294 e. The number of nitrogens with zero attached hydrogens (tertiary/aromatic N) is 3. The normalized spacial score (nSPS) is 14.4. The van der Waals surface area contributed by atoms with E-state index in [-0.39, 0.29) is 17.9 Å². The van der Waals surface area contributed by atoms with Crippen LogP contribution in [-0.2, 0) is 20.8 Å². The predicted molar refractivity (Wildman–Crippen MR) is 108 cm³/mol. The summed E-state index contributed by atoms with van der Waals surface area (Å²) in [7, 11) is 0. The second-order valence-corrected chi connectivity index (χ2v) is 6.63. The summed E-state index contributed by atoms with van der Waals surface area (Å²) in [6, 6.07) is 7.54. The van der Waals surface area contributed by atoms with E-state index in [0.717, 1.165) is 17.5 Å². The lowest BCUT2D eigenvalue weighted by atomic mass is 10.2. The van der Waals surface area contributed by atoms with Gasteiger partial charge in [-0.1, -0.05) is 12.1 Å². The highest BCUT2D eigenvalue weighted by Gasteiger charge is 2.19. The molecule has 2 heterocycles. The number of amides is 1. The van der Waals surface area contributed by atoms with Crippen molar-refractivity contribution in [3.05, 3.63) is 34.6 Å². The molecule has 152 valence electrons. The molecule has 8 heteroatoms. The van der Waals surface area contributed by atoms with Gasteiger partial charge in [0, 0.05) is 45.8 Å². The average molecular weight is 388 g/mol. The minimum atomic E-state index is -0.162. The topological polar surface area (TPSA) is 85.7 Å². The lowest BCUT2D eigenvalue weighted by molar-refractivity contribution is -0.121. The van der Waals surface area contributed by atoms with E-state index in [2.05, 4.69) is 10.3 Å². The van der Waals surface area contributed by atoms with Gasteiger partial charge in [0.2, 0.25) is 5.91 Å². The minimum Gasteiger partial charge on any atom is -0.382 e. The standard InChI is InChI=1S/C20H28N4O4/c1-2-27-13-5-9-21-18(25)8-10-24-17-7-4-3-6-16(17)22-19(20(24)26)23-11-14-28-15-12-23/h3-4,6-7H,2,5,8-15H2,1H3,(H,21,25). The molecule has 0 saturated carbocycles. The Labute approximate surface area is 164 Å². The molecule has 8 nitrogen and oxygen atoms in total. The van der Waals surface area contributed by atoms with Crippen LogP contribution in [0.3, 0.4) is 0 Å². The van der Waals surface area contributed by atoms with Crippen LogP contribution in [0.5, 0.6) is 0 Å². The van der Waals surface area contributed by atoms with E-state index in [0.29, 0.717) is 58.4 Å². The number of rotatable bonds is 9. The zero-order valence-electron chi connectivity index (χ0n) is 16.4. The van der Waals surface area contributed by atoms with Crippen LogP contribution >= 0.6 is 0 Å². The summed E-state index contributed by atoms with van der Waals surface area (Å²) in [5, 5.41) is 2.88. The molecule has 0 spiro atoms. The molecule has 0 aliphatic carbocycles. The third kappa shape index (κ3) is 5.08. The van der Waals surface area contributed by atoms with E-state index in [1.807, 2.05) is 36.1 Å². The summed E-state index contributed by atoms with van der Waals surface area (Å²) in [4.78, 5) is 31.8. The fourth-order valence-electron chi connectivity index (χ4n) is 3.23. The van der Waals surface area contributed by atoms with Crippen LogP contribution in [0.15, 0.2) is 29.1 Å². The van der Waals surface area contributed by atoms with Crippen LogP contribution in [-0.4, -0.2) is 61.5 Å². The molecule has 0 bridgehead atoms. The van der Waals surface area contributed by atoms with E-state index >= 15 is 0 Å². The van der Waals surface area contributed by atoms with Crippen LogP contribution in [0.1, 0.15) is 19.8 Å². The summed E-state index contributed by atoms with van der Waals surface area (Å²) in [5.74, 6) is 0.358. The Bertz CT molecular complexity index is 846. The Kier molecular flexibility index (Phi) is 7.39. The Balaban J connectivity index is 1.73. The van der Waals surface area contributed by atoms with Gasteiger partial charge in [-0.05, 0) is 25.5 Å². The third-order valence-corrected chi connectivity index (χ3v) is 4.70. The van der Waals surface area contributed by atoms with Gasteiger partial charge in [-0.2, -0.15) is 0 Å². The summed E-state index contributed by atoms with van der Waals surface area (Å²) in [6.45, 7) is 6.59. The van der Waals surface area contributed by atoms with Crippen LogP contribution in [0.25, 0.3) is 11.0 Å². The second-order valence-electron chi connectivity index (χ2n) is 6.63. The van der Waals surface area contributed by atoms with Gasteiger partial charge >= 0.3 is 0 Å². The van der Waals surface area contributed by atoms with Gasteiger partial charge in [0.15, 0.2) is 5.82 Å². The Morgan fingerprint density at radius 3 is 2.86 bits per heavy atom. The maximum atomic E-state index is 13.1. The number of carbonyl (C=O) groups excluding carboxylic acids is 1. The van der Waals surface area contributed by atoms with Gasteiger partial charge in [0.05, 0.1) is 24.2 Å². The molecule has 2 aromatic rings. The van der Waals surface area contributed by atoms with Crippen molar-refractivity contribution in [1.82, 2.24) is 14.9 Å². The van der Waals surface area contributed by atoms with Crippen LogP contribution in [0, 0.1) is 0 Å². The van der Waals surface area contributed by atoms with E-state index < -0.39 is 0 Å². The maximum absolute atomic E-state index is 13.1. The van der Waals surface area contributed by atoms with Crippen molar-refractivity contribution in [2.75, 3.05) is 51.0 Å². The number of ether oxygens (including phenoxy) is 2. The summed E-state index contributed by atoms with van der Waals surface area (Å²) < 4.78 is 12.3. The zero-order valence-corrected chi connectivity index (χ0v) is 16.4. The fraction of sp³-hybridized carbons (Fsp3) is 0.550. The molecular weight excluding hydrogens is 360 g/mol. The molecule has 0 radical (unpaired) electrons. The number of carbonyl (C=O) groups is 1. The number of anilines is 1. The van der Waals surface area contributed by atoms with E-state index in [9.17, 15) is 9.59 Å². The fourth-order valence-corrected chi connectivity index (χ4v) is 3.23. The molecule has 28 heavy (non-hydrogen) atoms. The largest absolute Gasteiger partial charge is 0.382 e. The van der Waals surface area contributed by atoms with Gasteiger partial charge in [0.1, 0.15) is 0 Å². The van der Waals surface area contributed by atoms with Crippen molar-refractivity contribution in [2.24, 2.45) is 0 Å². The number of para-hydroxylation sites is 2. The first kappa shape index (κ1) is 20.3. The SMILES string of the molecule is CCOCCCNC(=O)CCn1c(=O)c(N2CCOCC2)nc2ccccc21. The number of hydrogen-bond acceptors (Lipinski definition) is 6. The highest BCUT2D eigenvalue weighted by molar-refractivity contribution is 5.78. The Morgan fingerprint density at radius 2 is 2.07 bits per heavy atom. The highest BCUT2D eigenvalue weighted by Crippen LogP contribution is 2.15. The zero-order chi connectivity index (χ0) is 19.8. The number of aromatic nitrogens is 2. The van der Waals surface area contributed by atoms with Crippen molar-refractivity contribution >= 4 is 22.8 Å². The lowest BCUT2D eigenvalue weighted by Crippen LogP contribution is -2.41. The molecule has 1 aliphatic rings. The first-order valence-electron chi connectivity index (χ1n) is 9.87. The van der Waals surface area contributed by atoms with E-state index in [4.69, 9.17) is 9.47 Å². The van der Waals surface area contributed by atoms with Crippen LogP contribution in [0.4, 0.5) is 5.82 Å². The summed E-state index contributed by atoms with van der Waals surface area (Å²) in [6.07, 6.45) is 1.02. The van der Waals surface area contributed by atoms with E-state index in [1.54, 1.807) is 4.57 Å². The maximum Gasteiger partial charge on any atom is 0.294 e. The molecule has 0 atom stereocenters. The van der Waals surface area contributed by atoms with Gasteiger partial charge in [-0.3, -0.25) is 9.59 Å². The molecule has 1 fully saturated rings. The molecule has 1 aliphatic heterocycles. The minimum absolute atomic E-state index is 0.0720. The molecule has 0 unspecified atom stereocenters. The third-order valence-electron chi connectivity index (χ3n) is 4.70. The number of hydrogen-bond donors (Lipinski definition) is 1. The number of morpholine rings is 1. The number of benzene rings is 1. The number of nitrogens with one attached hydrogen (secondary N) is 1. The lowest BCUT2D eigenvalue weighted by Gasteiger charge is -2.28. The molecule has 1 aromatic heterocycles. The van der Waals surface area contributed by atoms with E-state index in [1.165, 1.54) is 0 Å². The monoisotopic (exact) mass is 388 g/mol. The summed E-state index contributed by atoms with van der Waals surface area (Å²) >= 11 is 0. The number of aryl methyl sites for hydroxylation is 1. The van der Waals surface area contributed by atoms with Gasteiger partial charge < -0.3 is 24.3 Å². The quantitative estimate of drug-likeness (QED) is 0.649. The van der Waals surface area contributed by atoms with Crippen molar-refractivity contribution < 1.29 is 14.3 Å². The molecule has 3 rings (SSSR count). The molecule has 1 saturated heterocycles. The molecule has 1 amide bonds. The van der Waals surface area contributed by atoms with Crippen molar-refractivity contribution in [3.63, 3.8) is 0 Å². The van der Waals surface area contributed by atoms with Crippen LogP contribution < -0.4 is 15.8 Å².